The van der Waals surface area contributed by atoms with Crippen molar-refractivity contribution in [3.8, 4) is 0 Å². The fourth-order valence-electron chi connectivity index (χ4n) is 1.99. The molecule has 0 aliphatic heterocycles. The third-order valence-corrected chi connectivity index (χ3v) is 2.95. The van der Waals surface area contributed by atoms with Crippen molar-refractivity contribution in [2.75, 3.05) is 5.32 Å². The van der Waals surface area contributed by atoms with E-state index in [0.29, 0.717) is 17.9 Å². The summed E-state index contributed by atoms with van der Waals surface area (Å²) in [5.41, 5.74) is 0.523. The van der Waals surface area contributed by atoms with Crippen LogP contribution in [0.2, 0.25) is 0 Å². The molecule has 2 aromatic heterocycles. The van der Waals surface area contributed by atoms with E-state index in [1.807, 2.05) is 13.8 Å². The highest BCUT2D eigenvalue weighted by atomic mass is 16.5. The topological polar surface area (TPSA) is 113 Å². The number of aromatic nitrogens is 3. The van der Waals surface area contributed by atoms with Gasteiger partial charge in [-0.2, -0.15) is 5.10 Å². The summed E-state index contributed by atoms with van der Waals surface area (Å²) in [6.45, 7) is 3.97. The van der Waals surface area contributed by atoms with Gasteiger partial charge in [0.15, 0.2) is 0 Å². The highest BCUT2D eigenvalue weighted by molar-refractivity contribution is 5.96. The van der Waals surface area contributed by atoms with Crippen molar-refractivity contribution in [3.63, 3.8) is 0 Å². The smallest absolute Gasteiger partial charge is 0.248 e. The SMILES string of the molecule is CC(C)C[C@H](NC(=O)Cc1ccon1)C(=O)Nc1ccn[nH]1. The summed E-state index contributed by atoms with van der Waals surface area (Å²) in [5.74, 6) is 0.181. The summed E-state index contributed by atoms with van der Waals surface area (Å²) in [4.78, 5) is 24.3. The van der Waals surface area contributed by atoms with Gasteiger partial charge in [-0.05, 0) is 12.3 Å². The Hall–Kier alpha value is -2.64. The van der Waals surface area contributed by atoms with Gasteiger partial charge in [0.1, 0.15) is 18.1 Å². The molecule has 22 heavy (non-hydrogen) atoms. The number of rotatable bonds is 7. The minimum absolute atomic E-state index is 0.0719. The molecule has 0 spiro atoms. The second-order valence-corrected chi connectivity index (χ2v) is 5.38. The predicted molar refractivity (Wildman–Crippen MR) is 78.8 cm³/mol. The molecule has 0 saturated heterocycles. The Morgan fingerprint density at radius 1 is 1.36 bits per heavy atom. The van der Waals surface area contributed by atoms with E-state index in [4.69, 9.17) is 0 Å². The Morgan fingerprint density at radius 3 is 2.77 bits per heavy atom. The van der Waals surface area contributed by atoms with Crippen LogP contribution in [-0.2, 0) is 16.0 Å². The lowest BCUT2D eigenvalue weighted by molar-refractivity contribution is -0.126. The Kier molecular flexibility index (Phi) is 5.29. The molecule has 0 aliphatic carbocycles. The number of H-pyrrole nitrogens is 1. The number of amides is 2. The monoisotopic (exact) mass is 305 g/mol. The third-order valence-electron chi connectivity index (χ3n) is 2.95. The van der Waals surface area contributed by atoms with Crippen molar-refractivity contribution in [2.24, 2.45) is 5.92 Å². The molecule has 0 aromatic carbocycles. The van der Waals surface area contributed by atoms with E-state index in [9.17, 15) is 9.59 Å². The number of hydrogen-bond donors (Lipinski definition) is 3. The fourth-order valence-corrected chi connectivity index (χ4v) is 1.99. The third kappa shape index (κ3) is 4.72. The number of carbonyl (C=O) groups excluding carboxylic acids is 2. The Bertz CT molecular complexity index is 592. The zero-order chi connectivity index (χ0) is 15.9. The highest BCUT2D eigenvalue weighted by Gasteiger charge is 2.22. The molecule has 2 rings (SSSR count). The van der Waals surface area contributed by atoms with Crippen molar-refractivity contribution in [1.82, 2.24) is 20.7 Å². The molecule has 0 saturated carbocycles. The molecule has 118 valence electrons. The first-order valence-corrected chi connectivity index (χ1v) is 7.03. The van der Waals surface area contributed by atoms with Crippen LogP contribution in [0.15, 0.2) is 29.1 Å². The minimum atomic E-state index is -0.622. The van der Waals surface area contributed by atoms with Gasteiger partial charge >= 0.3 is 0 Å². The first kappa shape index (κ1) is 15.7. The Balaban J connectivity index is 1.95. The van der Waals surface area contributed by atoms with E-state index in [-0.39, 0.29) is 24.2 Å². The summed E-state index contributed by atoms with van der Waals surface area (Å²) in [7, 11) is 0. The lowest BCUT2D eigenvalue weighted by Gasteiger charge is -2.19. The zero-order valence-electron chi connectivity index (χ0n) is 12.5. The van der Waals surface area contributed by atoms with Crippen LogP contribution in [0.25, 0.3) is 0 Å². The van der Waals surface area contributed by atoms with Gasteiger partial charge in [0.05, 0.1) is 18.3 Å². The Morgan fingerprint density at radius 2 is 2.18 bits per heavy atom. The molecular weight excluding hydrogens is 286 g/mol. The molecule has 3 N–H and O–H groups in total. The fraction of sp³-hybridized carbons (Fsp3) is 0.429. The molecule has 8 heteroatoms. The van der Waals surface area contributed by atoms with Crippen molar-refractivity contribution in [2.45, 2.75) is 32.7 Å². The van der Waals surface area contributed by atoms with E-state index >= 15 is 0 Å². The molecule has 1 atom stereocenters. The van der Waals surface area contributed by atoms with Crippen molar-refractivity contribution >= 4 is 17.6 Å². The quantitative estimate of drug-likeness (QED) is 0.709. The average Bonchev–Trinajstić information content (AvgIpc) is 3.10. The maximum Gasteiger partial charge on any atom is 0.248 e. The molecule has 0 bridgehead atoms. The summed E-state index contributed by atoms with van der Waals surface area (Å²) in [5, 5.41) is 15.5. The van der Waals surface area contributed by atoms with Crippen LogP contribution in [0.4, 0.5) is 5.82 Å². The molecule has 2 heterocycles. The van der Waals surface area contributed by atoms with E-state index in [0.717, 1.165) is 0 Å². The van der Waals surface area contributed by atoms with Gasteiger partial charge in [0.2, 0.25) is 11.8 Å². The van der Waals surface area contributed by atoms with Crippen molar-refractivity contribution in [3.05, 3.63) is 30.3 Å². The predicted octanol–water partition coefficient (Wildman–Crippen LogP) is 1.11. The first-order valence-electron chi connectivity index (χ1n) is 7.03. The van der Waals surface area contributed by atoms with Gasteiger partial charge in [-0.1, -0.05) is 19.0 Å². The molecule has 0 fully saturated rings. The second kappa shape index (κ2) is 7.39. The van der Waals surface area contributed by atoms with Gasteiger partial charge in [-0.3, -0.25) is 14.7 Å². The van der Waals surface area contributed by atoms with Crippen LogP contribution in [0, 0.1) is 5.92 Å². The summed E-state index contributed by atoms with van der Waals surface area (Å²) < 4.78 is 4.68. The molecule has 8 nitrogen and oxygen atoms in total. The summed E-state index contributed by atoms with van der Waals surface area (Å²) >= 11 is 0. The van der Waals surface area contributed by atoms with Crippen molar-refractivity contribution in [1.29, 1.82) is 0 Å². The lowest BCUT2D eigenvalue weighted by Crippen LogP contribution is -2.45. The van der Waals surface area contributed by atoms with Crippen LogP contribution in [0.5, 0.6) is 0 Å². The number of nitrogens with one attached hydrogen (secondary N) is 3. The van der Waals surface area contributed by atoms with E-state index in [2.05, 4.69) is 30.5 Å². The van der Waals surface area contributed by atoms with Crippen LogP contribution < -0.4 is 10.6 Å². The van der Waals surface area contributed by atoms with E-state index in [1.165, 1.54) is 12.5 Å². The number of aromatic amines is 1. The van der Waals surface area contributed by atoms with E-state index < -0.39 is 6.04 Å². The Labute approximate surface area is 127 Å². The minimum Gasteiger partial charge on any atom is -0.364 e. The number of hydrogen-bond acceptors (Lipinski definition) is 5. The average molecular weight is 305 g/mol. The summed E-state index contributed by atoms with van der Waals surface area (Å²) in [6, 6.07) is 2.63. The standard InChI is InChI=1S/C14H19N5O3/c1-9(2)7-11(14(21)17-12-3-5-15-18-12)16-13(20)8-10-4-6-22-19-10/h3-6,9,11H,7-8H2,1-2H3,(H,16,20)(H2,15,17,18,21)/t11-/m0/s1. The van der Waals surface area contributed by atoms with Gasteiger partial charge in [0.25, 0.3) is 0 Å². The zero-order valence-corrected chi connectivity index (χ0v) is 12.5. The largest absolute Gasteiger partial charge is 0.364 e. The normalized spacial score (nSPS) is 12.1. The van der Waals surface area contributed by atoms with Crippen LogP contribution >= 0.6 is 0 Å². The second-order valence-electron chi connectivity index (χ2n) is 5.38. The summed E-state index contributed by atoms with van der Waals surface area (Å²) in [6.07, 6.45) is 3.54. The first-order chi connectivity index (χ1) is 10.5. The van der Waals surface area contributed by atoms with Gasteiger partial charge in [-0.25, -0.2) is 0 Å². The van der Waals surface area contributed by atoms with E-state index in [1.54, 1.807) is 12.1 Å². The van der Waals surface area contributed by atoms with Crippen LogP contribution in [0.1, 0.15) is 26.0 Å². The van der Waals surface area contributed by atoms with Crippen LogP contribution in [0.3, 0.4) is 0 Å². The van der Waals surface area contributed by atoms with Crippen LogP contribution in [-0.4, -0.2) is 33.2 Å². The lowest BCUT2D eigenvalue weighted by atomic mass is 10.0. The van der Waals surface area contributed by atoms with Crippen molar-refractivity contribution < 1.29 is 14.1 Å². The number of anilines is 1. The molecule has 0 radical (unpaired) electrons. The molecule has 0 unspecified atom stereocenters. The molecular formula is C14H19N5O3. The highest BCUT2D eigenvalue weighted by Crippen LogP contribution is 2.08. The number of carbonyl (C=O) groups is 2. The van der Waals surface area contributed by atoms with Gasteiger partial charge < -0.3 is 15.2 Å². The van der Waals surface area contributed by atoms with Gasteiger partial charge in [0, 0.05) is 12.1 Å². The van der Waals surface area contributed by atoms with Gasteiger partial charge in [-0.15, -0.1) is 0 Å². The maximum absolute atomic E-state index is 12.3. The molecule has 2 amide bonds. The molecule has 0 aliphatic rings. The maximum atomic E-state index is 12.3. The molecule has 2 aromatic rings. The number of nitrogens with zero attached hydrogens (tertiary/aromatic N) is 2.